The molecule has 0 aliphatic heterocycles. The van der Waals surface area contributed by atoms with E-state index in [1.165, 1.54) is 167 Å². The molecule has 0 aromatic heterocycles. The highest BCUT2D eigenvalue weighted by atomic mass is 32.2. The molecule has 0 radical (unpaired) electrons. The Labute approximate surface area is 293 Å². The number of carbonyl (C=O) groups is 1. The summed E-state index contributed by atoms with van der Waals surface area (Å²) in [5.41, 5.74) is 0. The molecule has 0 spiro atoms. The van der Waals surface area contributed by atoms with Gasteiger partial charge in [-0.1, -0.05) is 213 Å². The minimum absolute atomic E-state index is 0.242. The summed E-state index contributed by atoms with van der Waals surface area (Å²) < 4.78 is 32.4. The largest absolute Gasteiger partial charge is 0.391 e. The van der Waals surface area contributed by atoms with Crippen LogP contribution in [0.25, 0.3) is 0 Å². The van der Waals surface area contributed by atoms with Gasteiger partial charge in [0.2, 0.25) is 5.91 Å². The van der Waals surface area contributed by atoms with Gasteiger partial charge in [0.1, 0.15) is 0 Å². The lowest BCUT2D eigenvalue weighted by Crippen LogP contribution is -2.47. The number of hydrogen-bond acceptors (Lipinski definition) is 4. The quantitative estimate of drug-likeness (QED) is 0.0443. The highest BCUT2D eigenvalue weighted by Gasteiger charge is 2.26. The van der Waals surface area contributed by atoms with E-state index in [1.54, 1.807) is 0 Å². The summed E-state index contributed by atoms with van der Waals surface area (Å²) in [7, 11) is -4.30. The molecule has 0 saturated heterocycles. The average Bonchev–Trinajstić information content (AvgIpc) is 3.03. The summed E-state index contributed by atoms with van der Waals surface area (Å²) in [4.78, 5) is 12.5. The third-order valence-corrected chi connectivity index (χ3v) is 10.6. The fraction of sp³-hybridized carbons (Fsp3) is 0.975. The van der Waals surface area contributed by atoms with Crippen molar-refractivity contribution < 1.29 is 22.9 Å². The molecule has 7 heteroatoms. The van der Waals surface area contributed by atoms with Gasteiger partial charge in [0.25, 0.3) is 10.1 Å². The first kappa shape index (κ1) is 46.3. The van der Waals surface area contributed by atoms with Crippen molar-refractivity contribution in [3.8, 4) is 0 Å². The molecular weight excluding hydrogens is 607 g/mol. The summed E-state index contributed by atoms with van der Waals surface area (Å²) >= 11 is 0. The molecule has 0 saturated carbocycles. The zero-order valence-electron chi connectivity index (χ0n) is 31.4. The van der Waals surface area contributed by atoms with E-state index in [1.807, 2.05) is 0 Å². The van der Waals surface area contributed by atoms with Gasteiger partial charge >= 0.3 is 0 Å². The van der Waals surface area contributed by atoms with E-state index in [-0.39, 0.29) is 5.91 Å². The number of amides is 1. The number of aliphatic hydroxyl groups excluding tert-OH is 1. The molecule has 0 aliphatic carbocycles. The maximum absolute atomic E-state index is 12.5. The van der Waals surface area contributed by atoms with Crippen molar-refractivity contribution in [3.05, 3.63) is 0 Å². The molecule has 0 bridgehead atoms. The number of carbonyl (C=O) groups excluding carboxylic acids is 1. The molecule has 0 fully saturated rings. The number of hydrogen-bond donors (Lipinski definition) is 3. The SMILES string of the molecule is CCCCCCCCCCCCCCCCCCCCCCCCCC(=O)NC(CS(=O)(=O)O)C(O)CCCCCCCCCCC. The maximum atomic E-state index is 12.5. The van der Waals surface area contributed by atoms with Crippen molar-refractivity contribution >= 4 is 16.0 Å². The molecule has 2 atom stereocenters. The van der Waals surface area contributed by atoms with E-state index in [0.29, 0.717) is 12.8 Å². The molecule has 0 aromatic carbocycles. The van der Waals surface area contributed by atoms with Gasteiger partial charge in [0, 0.05) is 6.42 Å². The maximum Gasteiger partial charge on any atom is 0.266 e. The second kappa shape index (κ2) is 35.2. The molecule has 3 N–H and O–H groups in total. The fourth-order valence-corrected chi connectivity index (χ4v) is 7.45. The smallest absolute Gasteiger partial charge is 0.266 e. The van der Waals surface area contributed by atoms with Crippen LogP contribution >= 0.6 is 0 Å². The molecule has 47 heavy (non-hydrogen) atoms. The van der Waals surface area contributed by atoms with Gasteiger partial charge in [-0.25, -0.2) is 0 Å². The molecule has 0 heterocycles. The fourth-order valence-electron chi connectivity index (χ4n) is 6.69. The molecule has 282 valence electrons. The number of nitrogens with one attached hydrogen (secondary N) is 1. The van der Waals surface area contributed by atoms with Crippen LogP contribution in [0.1, 0.15) is 232 Å². The predicted octanol–water partition coefficient (Wildman–Crippen LogP) is 12.0. The van der Waals surface area contributed by atoms with Crippen molar-refractivity contribution in [1.29, 1.82) is 0 Å². The minimum atomic E-state index is -4.30. The molecular formula is C40H81NO5S. The summed E-state index contributed by atoms with van der Waals surface area (Å²) in [6.07, 6.45) is 40.8. The Balaban J connectivity index is 3.68. The van der Waals surface area contributed by atoms with Gasteiger partial charge < -0.3 is 10.4 Å². The van der Waals surface area contributed by atoms with Gasteiger partial charge in [0.15, 0.2) is 0 Å². The monoisotopic (exact) mass is 688 g/mol. The highest BCUT2D eigenvalue weighted by Crippen LogP contribution is 2.17. The zero-order chi connectivity index (χ0) is 34.7. The highest BCUT2D eigenvalue weighted by molar-refractivity contribution is 7.85. The van der Waals surface area contributed by atoms with Crippen molar-refractivity contribution in [1.82, 2.24) is 5.32 Å². The van der Waals surface area contributed by atoms with Crippen LogP contribution in [0.4, 0.5) is 0 Å². The Morgan fingerprint density at radius 3 is 1.06 bits per heavy atom. The average molecular weight is 688 g/mol. The first-order valence-corrected chi connectivity index (χ1v) is 22.3. The van der Waals surface area contributed by atoms with Crippen LogP contribution in [-0.4, -0.2) is 41.9 Å². The lowest BCUT2D eigenvalue weighted by Gasteiger charge is -2.23. The van der Waals surface area contributed by atoms with E-state index < -0.39 is 28.0 Å². The van der Waals surface area contributed by atoms with Crippen LogP contribution in [0.3, 0.4) is 0 Å². The van der Waals surface area contributed by atoms with Gasteiger partial charge in [0.05, 0.1) is 17.9 Å². The normalized spacial score (nSPS) is 13.2. The van der Waals surface area contributed by atoms with Crippen molar-refractivity contribution in [2.45, 2.75) is 244 Å². The lowest BCUT2D eigenvalue weighted by atomic mass is 10.0. The van der Waals surface area contributed by atoms with Gasteiger partial charge in [-0.05, 0) is 12.8 Å². The molecule has 0 aromatic rings. The first-order valence-electron chi connectivity index (χ1n) is 20.7. The summed E-state index contributed by atoms with van der Waals surface area (Å²) in [5, 5.41) is 13.3. The van der Waals surface area contributed by atoms with Crippen molar-refractivity contribution in [3.63, 3.8) is 0 Å². The van der Waals surface area contributed by atoms with Crippen LogP contribution in [0.15, 0.2) is 0 Å². The molecule has 0 aliphatic rings. The summed E-state index contributed by atoms with van der Waals surface area (Å²) in [6, 6.07) is -0.962. The van der Waals surface area contributed by atoms with Gasteiger partial charge in [-0.15, -0.1) is 0 Å². The second-order valence-electron chi connectivity index (χ2n) is 14.6. The van der Waals surface area contributed by atoms with Crippen molar-refractivity contribution in [2.24, 2.45) is 0 Å². The van der Waals surface area contributed by atoms with E-state index in [2.05, 4.69) is 19.2 Å². The number of aliphatic hydroxyl groups is 1. The molecule has 6 nitrogen and oxygen atoms in total. The van der Waals surface area contributed by atoms with Crippen LogP contribution < -0.4 is 5.32 Å². The standard InChI is InChI=1S/C40H81NO5S/c1-3-5-7-9-11-13-14-15-16-17-18-19-20-21-22-23-24-25-26-28-30-32-34-36-40(43)41-38(37-47(44,45)46)39(42)35-33-31-29-27-12-10-8-6-4-2/h38-39,42H,3-37H2,1-2H3,(H,41,43)(H,44,45,46). The van der Waals surface area contributed by atoms with Crippen LogP contribution in [0.5, 0.6) is 0 Å². The summed E-state index contributed by atoms with van der Waals surface area (Å²) in [5.74, 6) is -0.884. The Kier molecular flexibility index (Phi) is 34.7. The van der Waals surface area contributed by atoms with Crippen LogP contribution in [-0.2, 0) is 14.9 Å². The Morgan fingerprint density at radius 2 is 0.766 bits per heavy atom. The minimum Gasteiger partial charge on any atom is -0.391 e. The summed E-state index contributed by atoms with van der Waals surface area (Å²) in [6.45, 7) is 4.50. The lowest BCUT2D eigenvalue weighted by molar-refractivity contribution is -0.122. The van der Waals surface area contributed by atoms with Gasteiger partial charge in [-0.2, -0.15) is 8.42 Å². The van der Waals surface area contributed by atoms with E-state index in [9.17, 15) is 22.9 Å². The van der Waals surface area contributed by atoms with Crippen molar-refractivity contribution in [2.75, 3.05) is 5.75 Å². The molecule has 0 rings (SSSR count). The predicted molar refractivity (Wildman–Crippen MR) is 203 cm³/mol. The molecule has 2 unspecified atom stereocenters. The molecule has 1 amide bonds. The Bertz CT molecular complexity index is 760. The second-order valence-corrected chi connectivity index (χ2v) is 16.1. The number of rotatable bonds is 38. The van der Waals surface area contributed by atoms with Crippen LogP contribution in [0.2, 0.25) is 0 Å². The van der Waals surface area contributed by atoms with E-state index >= 15 is 0 Å². The third-order valence-electron chi connectivity index (χ3n) is 9.81. The van der Waals surface area contributed by atoms with Crippen LogP contribution in [0, 0.1) is 0 Å². The Hall–Kier alpha value is -0.660. The number of unbranched alkanes of at least 4 members (excludes halogenated alkanes) is 30. The third kappa shape index (κ3) is 36.4. The topological polar surface area (TPSA) is 104 Å². The van der Waals surface area contributed by atoms with E-state index in [0.717, 1.165) is 38.5 Å². The first-order chi connectivity index (χ1) is 22.8. The zero-order valence-corrected chi connectivity index (χ0v) is 32.2. The van der Waals surface area contributed by atoms with E-state index in [4.69, 9.17) is 0 Å². The Morgan fingerprint density at radius 1 is 0.489 bits per heavy atom. The van der Waals surface area contributed by atoms with Gasteiger partial charge in [-0.3, -0.25) is 9.35 Å².